The number of methoxy groups -OCH3 is 1. The average Bonchev–Trinajstić information content (AvgIpc) is 2.06. The van der Waals surface area contributed by atoms with Crippen molar-refractivity contribution in [1.29, 1.82) is 0 Å². The third-order valence-electron chi connectivity index (χ3n) is 1.56. The molecule has 1 aromatic rings. The molecular formula is C11H15ClO2. The average molecular weight is 215 g/mol. The van der Waals surface area contributed by atoms with Crippen molar-refractivity contribution in [3.63, 3.8) is 0 Å². The van der Waals surface area contributed by atoms with Crippen LogP contribution in [0.3, 0.4) is 0 Å². The summed E-state index contributed by atoms with van der Waals surface area (Å²) in [6.45, 7) is 5.93. The number of benzene rings is 1. The molecule has 0 radical (unpaired) electrons. The van der Waals surface area contributed by atoms with Gasteiger partial charge in [-0.15, -0.1) is 0 Å². The van der Waals surface area contributed by atoms with Gasteiger partial charge >= 0.3 is 0 Å². The first kappa shape index (κ1) is 11.2. The summed E-state index contributed by atoms with van der Waals surface area (Å²) in [4.78, 5) is 0. The molecule has 0 spiro atoms. The summed E-state index contributed by atoms with van der Waals surface area (Å²) in [5, 5.41) is 0.518. The Hall–Kier alpha value is -0.890. The normalized spacial score (nSPS) is 11.2. The lowest BCUT2D eigenvalue weighted by atomic mass is 10.2. The highest BCUT2D eigenvalue weighted by Crippen LogP contribution is 2.35. The fourth-order valence-corrected chi connectivity index (χ4v) is 1.30. The van der Waals surface area contributed by atoms with Gasteiger partial charge in [-0.05, 0) is 32.9 Å². The molecule has 2 nitrogen and oxygen atoms in total. The smallest absolute Gasteiger partial charge is 0.142 e. The van der Waals surface area contributed by atoms with Crippen LogP contribution in [-0.2, 0) is 0 Å². The van der Waals surface area contributed by atoms with Gasteiger partial charge in [0.2, 0.25) is 0 Å². The van der Waals surface area contributed by atoms with Crippen molar-refractivity contribution < 1.29 is 9.47 Å². The molecule has 0 amide bonds. The maximum absolute atomic E-state index is 6.06. The minimum Gasteiger partial charge on any atom is -0.495 e. The van der Waals surface area contributed by atoms with Crippen LogP contribution in [0.5, 0.6) is 11.5 Å². The zero-order chi connectivity index (χ0) is 10.8. The van der Waals surface area contributed by atoms with E-state index < -0.39 is 0 Å². The van der Waals surface area contributed by atoms with E-state index in [4.69, 9.17) is 21.1 Å². The molecule has 0 aliphatic rings. The van der Waals surface area contributed by atoms with E-state index >= 15 is 0 Å². The lowest BCUT2D eigenvalue weighted by Crippen LogP contribution is -2.23. The van der Waals surface area contributed by atoms with Crippen molar-refractivity contribution in [2.45, 2.75) is 26.4 Å². The molecule has 78 valence electrons. The Morgan fingerprint density at radius 2 is 1.71 bits per heavy atom. The van der Waals surface area contributed by atoms with Crippen LogP contribution in [0.15, 0.2) is 18.2 Å². The van der Waals surface area contributed by atoms with Gasteiger partial charge in [0.05, 0.1) is 7.11 Å². The van der Waals surface area contributed by atoms with Crippen LogP contribution in [0, 0.1) is 0 Å². The molecule has 1 rings (SSSR count). The fourth-order valence-electron chi connectivity index (χ4n) is 1.06. The van der Waals surface area contributed by atoms with Crippen LogP contribution >= 0.6 is 11.6 Å². The predicted octanol–water partition coefficient (Wildman–Crippen LogP) is 3.53. The zero-order valence-electron chi connectivity index (χ0n) is 8.93. The van der Waals surface area contributed by atoms with E-state index in [0.29, 0.717) is 16.5 Å². The van der Waals surface area contributed by atoms with Crippen molar-refractivity contribution in [3.05, 3.63) is 23.2 Å². The van der Waals surface area contributed by atoms with Gasteiger partial charge in [-0.25, -0.2) is 0 Å². The maximum Gasteiger partial charge on any atom is 0.142 e. The standard InChI is InChI=1S/C11H15ClO2/c1-11(2,3)14-9-7-5-6-8(13-4)10(9)12/h5-7H,1-4H3. The molecular weight excluding hydrogens is 200 g/mol. The van der Waals surface area contributed by atoms with Gasteiger partial charge in [0.25, 0.3) is 0 Å². The molecule has 0 atom stereocenters. The Balaban J connectivity index is 2.98. The third-order valence-corrected chi connectivity index (χ3v) is 1.94. The van der Waals surface area contributed by atoms with E-state index in [2.05, 4.69) is 0 Å². The van der Waals surface area contributed by atoms with E-state index in [1.165, 1.54) is 0 Å². The first-order valence-electron chi connectivity index (χ1n) is 4.45. The summed E-state index contributed by atoms with van der Waals surface area (Å²) in [6, 6.07) is 5.49. The molecule has 1 aromatic carbocycles. The zero-order valence-corrected chi connectivity index (χ0v) is 9.68. The van der Waals surface area contributed by atoms with Crippen molar-refractivity contribution in [1.82, 2.24) is 0 Å². The summed E-state index contributed by atoms with van der Waals surface area (Å²) in [7, 11) is 1.59. The predicted molar refractivity (Wildman–Crippen MR) is 58.4 cm³/mol. The Morgan fingerprint density at radius 1 is 1.14 bits per heavy atom. The van der Waals surface area contributed by atoms with E-state index in [9.17, 15) is 0 Å². The van der Waals surface area contributed by atoms with E-state index in [1.54, 1.807) is 13.2 Å². The Labute approximate surface area is 89.8 Å². The first-order valence-corrected chi connectivity index (χ1v) is 4.83. The van der Waals surface area contributed by atoms with Gasteiger partial charge in [0.1, 0.15) is 22.1 Å². The molecule has 0 aromatic heterocycles. The van der Waals surface area contributed by atoms with Crippen LogP contribution in [-0.4, -0.2) is 12.7 Å². The minimum absolute atomic E-state index is 0.254. The van der Waals surface area contributed by atoms with E-state index in [1.807, 2.05) is 32.9 Å². The third kappa shape index (κ3) is 2.81. The topological polar surface area (TPSA) is 18.5 Å². The summed E-state index contributed by atoms with van der Waals surface area (Å²) in [6.07, 6.45) is 0. The highest BCUT2D eigenvalue weighted by Gasteiger charge is 2.15. The van der Waals surface area contributed by atoms with Gasteiger partial charge in [-0.1, -0.05) is 17.7 Å². The Kier molecular flexibility index (Phi) is 3.27. The summed E-state index contributed by atoms with van der Waals surface area (Å²) in [5.41, 5.74) is -0.254. The Morgan fingerprint density at radius 3 is 2.21 bits per heavy atom. The molecule has 0 aliphatic heterocycles. The van der Waals surface area contributed by atoms with Crippen molar-refractivity contribution in [2.75, 3.05) is 7.11 Å². The van der Waals surface area contributed by atoms with Gasteiger partial charge in [0, 0.05) is 0 Å². The molecule has 14 heavy (non-hydrogen) atoms. The molecule has 0 N–H and O–H groups in total. The summed E-state index contributed by atoms with van der Waals surface area (Å²) < 4.78 is 10.8. The highest BCUT2D eigenvalue weighted by atomic mass is 35.5. The lowest BCUT2D eigenvalue weighted by molar-refractivity contribution is 0.130. The van der Waals surface area contributed by atoms with Gasteiger partial charge in [0.15, 0.2) is 0 Å². The number of hydrogen-bond acceptors (Lipinski definition) is 2. The lowest BCUT2D eigenvalue weighted by Gasteiger charge is -2.22. The second-order valence-corrected chi connectivity index (χ2v) is 4.36. The van der Waals surface area contributed by atoms with Crippen molar-refractivity contribution in [3.8, 4) is 11.5 Å². The van der Waals surface area contributed by atoms with Crippen LogP contribution in [0.2, 0.25) is 5.02 Å². The molecule has 0 heterocycles. The van der Waals surface area contributed by atoms with Crippen molar-refractivity contribution >= 4 is 11.6 Å². The fraction of sp³-hybridized carbons (Fsp3) is 0.455. The van der Waals surface area contributed by atoms with E-state index in [0.717, 1.165) is 0 Å². The quantitative estimate of drug-likeness (QED) is 0.750. The van der Waals surface area contributed by atoms with Gasteiger partial charge in [-0.2, -0.15) is 0 Å². The summed E-state index contributed by atoms with van der Waals surface area (Å²) in [5.74, 6) is 1.28. The second-order valence-electron chi connectivity index (χ2n) is 3.99. The second kappa shape index (κ2) is 4.09. The molecule has 0 bridgehead atoms. The van der Waals surface area contributed by atoms with E-state index in [-0.39, 0.29) is 5.60 Å². The molecule has 0 saturated carbocycles. The maximum atomic E-state index is 6.06. The number of hydrogen-bond donors (Lipinski definition) is 0. The van der Waals surface area contributed by atoms with Crippen molar-refractivity contribution in [2.24, 2.45) is 0 Å². The molecule has 0 aliphatic carbocycles. The molecule has 0 fully saturated rings. The van der Waals surface area contributed by atoms with Gasteiger partial charge < -0.3 is 9.47 Å². The summed E-state index contributed by atoms with van der Waals surface area (Å²) >= 11 is 6.06. The SMILES string of the molecule is COc1cccc(OC(C)(C)C)c1Cl. The number of rotatable bonds is 2. The minimum atomic E-state index is -0.254. The number of halogens is 1. The van der Waals surface area contributed by atoms with Crippen LogP contribution < -0.4 is 9.47 Å². The largest absolute Gasteiger partial charge is 0.495 e. The molecule has 0 unspecified atom stereocenters. The number of ether oxygens (including phenoxy) is 2. The van der Waals surface area contributed by atoms with Crippen LogP contribution in [0.1, 0.15) is 20.8 Å². The van der Waals surface area contributed by atoms with Crippen LogP contribution in [0.25, 0.3) is 0 Å². The first-order chi connectivity index (χ1) is 6.44. The molecule has 3 heteroatoms. The molecule has 0 saturated heterocycles. The monoisotopic (exact) mass is 214 g/mol. The van der Waals surface area contributed by atoms with Gasteiger partial charge in [-0.3, -0.25) is 0 Å². The highest BCUT2D eigenvalue weighted by molar-refractivity contribution is 6.33. The van der Waals surface area contributed by atoms with Crippen LogP contribution in [0.4, 0.5) is 0 Å². The Bertz CT molecular complexity index is 316.